The first-order valence-electron chi connectivity index (χ1n) is 9.76. The van der Waals surface area contributed by atoms with Gasteiger partial charge < -0.3 is 37.0 Å². The summed E-state index contributed by atoms with van der Waals surface area (Å²) in [5.41, 5.74) is 15.3. The number of sulfone groups is 1. The number of carboxylic acid groups (broad SMARTS) is 1. The van der Waals surface area contributed by atoms with Gasteiger partial charge in [0.1, 0.15) is 13.2 Å². The summed E-state index contributed by atoms with van der Waals surface area (Å²) in [6.07, 6.45) is -5.08. The molecular formula is C19H22F3IN6O7S. The number of nitrogen functional groups attached to an aromatic ring is 1. The van der Waals surface area contributed by atoms with E-state index in [2.05, 4.69) is 10.5 Å². The number of benzene rings is 1. The average Bonchev–Trinajstić information content (AvgIpc) is 2.76. The van der Waals surface area contributed by atoms with E-state index in [0.29, 0.717) is 5.69 Å². The number of amides is 1. The van der Waals surface area contributed by atoms with Gasteiger partial charge in [-0.05, 0) is 65.0 Å². The van der Waals surface area contributed by atoms with Crippen LogP contribution >= 0.6 is 22.6 Å². The van der Waals surface area contributed by atoms with Crippen LogP contribution in [0.2, 0.25) is 0 Å². The van der Waals surface area contributed by atoms with Crippen molar-refractivity contribution in [3.8, 4) is 0 Å². The molecule has 0 fully saturated rings. The molecule has 1 aromatic carbocycles. The summed E-state index contributed by atoms with van der Waals surface area (Å²) in [5.74, 6) is -3.55. The summed E-state index contributed by atoms with van der Waals surface area (Å²) >= 11 is 2.04. The van der Waals surface area contributed by atoms with Crippen LogP contribution in [0.1, 0.15) is 5.69 Å². The number of carbonyl (C=O) groups is 2. The quantitative estimate of drug-likeness (QED) is 0.0845. The standard InChI is InChI=1S/C17H21IN6O5S.C2HF3O2/c1-10-8-13(19)15(30(27,28)12-4-2-11(18)3-5-12)16(26)24(10)9-14(25)22-6-7-29-23-17(20)21;3-2(4,5)1(6)7/h2-5,8H,6-7,9,19H2,1H3,(H,22,25)(H4,20,21,23);(H,6,7). The number of aliphatic carboxylic acids is 1. The van der Waals surface area contributed by atoms with Crippen molar-refractivity contribution in [1.82, 2.24) is 9.88 Å². The number of alkyl halides is 3. The summed E-state index contributed by atoms with van der Waals surface area (Å²) in [6, 6.07) is 7.34. The number of carbonyl (C=O) groups excluding carboxylic acids is 1. The first-order valence-corrected chi connectivity index (χ1v) is 12.3. The smallest absolute Gasteiger partial charge is 0.475 e. The summed E-state index contributed by atoms with van der Waals surface area (Å²) in [5, 5.41) is 12.9. The normalized spacial score (nSPS) is 11.1. The zero-order chi connectivity index (χ0) is 28.6. The molecule has 0 saturated heterocycles. The predicted octanol–water partition coefficient (Wildman–Crippen LogP) is 0.131. The van der Waals surface area contributed by atoms with Crippen LogP contribution < -0.4 is 28.1 Å². The van der Waals surface area contributed by atoms with E-state index < -0.39 is 44.9 Å². The SMILES string of the molecule is Cc1cc(N)c(S(=O)(=O)c2ccc(I)cc2)c(=O)n1CC(=O)NCCON=C(N)N.O=C(O)C(F)(F)F. The van der Waals surface area contributed by atoms with Gasteiger partial charge in [-0.1, -0.05) is 0 Å². The molecule has 8 N–H and O–H groups in total. The third-order valence-corrected chi connectivity index (χ3v) is 6.67. The topological polar surface area (TPSA) is 222 Å². The Labute approximate surface area is 221 Å². The van der Waals surface area contributed by atoms with Gasteiger partial charge in [0.15, 0.2) is 4.90 Å². The first kappa shape index (κ1) is 31.5. The monoisotopic (exact) mass is 662 g/mol. The third kappa shape index (κ3) is 9.44. The molecule has 0 aliphatic carbocycles. The number of nitrogens with zero attached hydrogens (tertiary/aromatic N) is 2. The highest BCUT2D eigenvalue weighted by molar-refractivity contribution is 14.1. The van der Waals surface area contributed by atoms with E-state index in [1.165, 1.54) is 18.2 Å². The van der Waals surface area contributed by atoms with Crippen molar-refractivity contribution in [2.45, 2.75) is 29.4 Å². The minimum absolute atomic E-state index is 0.00565. The van der Waals surface area contributed by atoms with Crippen LogP contribution in [0.3, 0.4) is 0 Å². The van der Waals surface area contributed by atoms with Gasteiger partial charge >= 0.3 is 12.1 Å². The summed E-state index contributed by atoms with van der Waals surface area (Å²) in [4.78, 5) is 38.1. The third-order valence-electron chi connectivity index (χ3n) is 4.11. The number of guanidine groups is 1. The van der Waals surface area contributed by atoms with Crippen molar-refractivity contribution in [1.29, 1.82) is 0 Å². The number of anilines is 1. The van der Waals surface area contributed by atoms with Gasteiger partial charge in [-0.25, -0.2) is 13.2 Å². The molecule has 0 saturated carbocycles. The van der Waals surface area contributed by atoms with Crippen LogP contribution in [0.15, 0.2) is 50.1 Å². The molecular weight excluding hydrogens is 640 g/mol. The number of rotatable bonds is 8. The lowest BCUT2D eigenvalue weighted by Gasteiger charge is -2.14. The van der Waals surface area contributed by atoms with Gasteiger partial charge in [0.05, 0.1) is 17.1 Å². The van der Waals surface area contributed by atoms with Gasteiger partial charge in [-0.15, -0.1) is 0 Å². The van der Waals surface area contributed by atoms with Gasteiger partial charge in [-0.3, -0.25) is 9.59 Å². The Bertz CT molecular complexity index is 1330. The molecule has 0 unspecified atom stereocenters. The maximum absolute atomic E-state index is 13.0. The Morgan fingerprint density at radius 2 is 1.76 bits per heavy atom. The van der Waals surface area contributed by atoms with Crippen molar-refractivity contribution in [3.63, 3.8) is 0 Å². The van der Waals surface area contributed by atoms with Crippen LogP contribution in [-0.2, 0) is 30.8 Å². The number of pyridine rings is 1. The molecule has 1 amide bonds. The fourth-order valence-electron chi connectivity index (χ4n) is 2.53. The lowest BCUT2D eigenvalue weighted by molar-refractivity contribution is -0.192. The Hall–Kier alpha value is -3.55. The minimum atomic E-state index is -5.08. The van der Waals surface area contributed by atoms with Crippen molar-refractivity contribution in [2.75, 3.05) is 18.9 Å². The molecule has 0 radical (unpaired) electrons. The van der Waals surface area contributed by atoms with Crippen LogP contribution in [0.4, 0.5) is 18.9 Å². The number of carboxylic acids is 1. The van der Waals surface area contributed by atoms with Crippen LogP contribution in [0, 0.1) is 10.5 Å². The molecule has 2 rings (SSSR count). The molecule has 37 heavy (non-hydrogen) atoms. The number of nitrogens with two attached hydrogens (primary N) is 3. The number of aryl methyl sites for hydroxylation is 1. The highest BCUT2D eigenvalue weighted by atomic mass is 127. The number of halogens is 4. The Morgan fingerprint density at radius 1 is 1.22 bits per heavy atom. The van der Waals surface area contributed by atoms with Crippen molar-refractivity contribution < 1.29 is 41.1 Å². The maximum atomic E-state index is 13.0. The van der Waals surface area contributed by atoms with Crippen molar-refractivity contribution >= 4 is 56.0 Å². The Kier molecular flexibility index (Phi) is 11.2. The van der Waals surface area contributed by atoms with E-state index in [-0.39, 0.29) is 29.7 Å². The molecule has 2 aromatic rings. The Morgan fingerprint density at radius 3 is 2.24 bits per heavy atom. The molecule has 204 valence electrons. The average molecular weight is 662 g/mol. The van der Waals surface area contributed by atoms with Crippen molar-refractivity contribution in [2.24, 2.45) is 16.6 Å². The molecule has 0 bridgehead atoms. The molecule has 1 aromatic heterocycles. The second-order valence-electron chi connectivity index (χ2n) is 6.92. The molecule has 0 atom stereocenters. The molecule has 0 aliphatic heterocycles. The fourth-order valence-corrected chi connectivity index (χ4v) is 4.33. The van der Waals surface area contributed by atoms with Crippen LogP contribution in [0.5, 0.6) is 0 Å². The number of hydrogen-bond donors (Lipinski definition) is 5. The van der Waals surface area contributed by atoms with Gasteiger partial charge in [0, 0.05) is 9.26 Å². The Balaban J connectivity index is 0.000000856. The van der Waals surface area contributed by atoms with E-state index in [4.69, 9.17) is 31.9 Å². The number of aromatic nitrogens is 1. The molecule has 0 spiro atoms. The van der Waals surface area contributed by atoms with E-state index in [0.717, 1.165) is 8.14 Å². The number of nitrogens with one attached hydrogen (secondary N) is 1. The van der Waals surface area contributed by atoms with Gasteiger partial charge in [0.2, 0.25) is 21.7 Å². The van der Waals surface area contributed by atoms with E-state index in [1.807, 2.05) is 22.6 Å². The molecule has 1 heterocycles. The lowest BCUT2D eigenvalue weighted by atomic mass is 10.3. The fraction of sp³-hybridized carbons (Fsp3) is 0.263. The highest BCUT2D eigenvalue weighted by Crippen LogP contribution is 2.24. The van der Waals surface area contributed by atoms with Gasteiger partial charge in [-0.2, -0.15) is 13.2 Å². The molecule has 13 nitrogen and oxygen atoms in total. The van der Waals surface area contributed by atoms with E-state index in [9.17, 15) is 31.2 Å². The zero-order valence-corrected chi connectivity index (χ0v) is 21.9. The maximum Gasteiger partial charge on any atom is 0.490 e. The second-order valence-corrected chi connectivity index (χ2v) is 10.1. The number of hydrogen-bond acceptors (Lipinski definition) is 8. The van der Waals surface area contributed by atoms with Gasteiger partial charge in [0.25, 0.3) is 5.56 Å². The number of oxime groups is 1. The summed E-state index contributed by atoms with van der Waals surface area (Å²) in [7, 11) is -4.18. The molecule has 18 heteroatoms. The summed E-state index contributed by atoms with van der Waals surface area (Å²) < 4.78 is 59.6. The zero-order valence-electron chi connectivity index (χ0n) is 19.0. The predicted molar refractivity (Wildman–Crippen MR) is 133 cm³/mol. The second kappa shape index (κ2) is 13.1. The van der Waals surface area contributed by atoms with E-state index in [1.54, 1.807) is 19.1 Å². The largest absolute Gasteiger partial charge is 0.490 e. The summed E-state index contributed by atoms with van der Waals surface area (Å²) in [6.45, 7) is 1.23. The highest BCUT2D eigenvalue weighted by Gasteiger charge is 2.38. The minimum Gasteiger partial charge on any atom is -0.475 e. The van der Waals surface area contributed by atoms with Crippen molar-refractivity contribution in [3.05, 3.63) is 49.9 Å². The van der Waals surface area contributed by atoms with Crippen LogP contribution in [-0.4, -0.2) is 55.3 Å². The van der Waals surface area contributed by atoms with Crippen LogP contribution in [0.25, 0.3) is 0 Å². The molecule has 0 aliphatic rings. The van der Waals surface area contributed by atoms with E-state index >= 15 is 0 Å². The first-order chi connectivity index (χ1) is 17.0. The lowest BCUT2D eigenvalue weighted by Crippen LogP contribution is -2.37.